The SMILES string of the molecule is COc1cc(OCc2nc(C3(O)CCCCO3)sc2C)c2cc(-c3cnc4sc(C(C)F)nn34)oc2c1. The van der Waals surface area contributed by atoms with E-state index in [2.05, 4.69) is 15.1 Å². The Balaban J connectivity index is 1.32. The maximum atomic E-state index is 13.8. The van der Waals surface area contributed by atoms with Crippen molar-refractivity contribution in [1.82, 2.24) is 19.6 Å². The van der Waals surface area contributed by atoms with Crippen LogP contribution in [0.25, 0.3) is 27.4 Å². The third kappa shape index (κ3) is 4.37. The number of thiazole rings is 1. The summed E-state index contributed by atoms with van der Waals surface area (Å²) in [7, 11) is 1.58. The molecule has 37 heavy (non-hydrogen) atoms. The Morgan fingerprint density at radius 2 is 2.14 bits per heavy atom. The molecule has 0 radical (unpaired) electrons. The number of fused-ring (bicyclic) bond motifs is 2. The van der Waals surface area contributed by atoms with E-state index in [4.69, 9.17) is 18.6 Å². The largest absolute Gasteiger partial charge is 0.496 e. The number of hydrogen-bond acceptors (Lipinski definition) is 10. The van der Waals surface area contributed by atoms with E-state index < -0.39 is 12.0 Å². The molecule has 1 fully saturated rings. The minimum Gasteiger partial charge on any atom is -0.496 e. The highest BCUT2D eigenvalue weighted by Gasteiger charge is 2.36. The number of methoxy groups -OCH3 is 1. The van der Waals surface area contributed by atoms with Crippen LogP contribution in [0.5, 0.6) is 11.5 Å². The summed E-state index contributed by atoms with van der Waals surface area (Å²) in [4.78, 5) is 10.5. The normalized spacial score (nSPS) is 19.1. The number of halogens is 1. The summed E-state index contributed by atoms with van der Waals surface area (Å²) in [6.07, 6.45) is 2.83. The summed E-state index contributed by atoms with van der Waals surface area (Å²) in [6.45, 7) is 4.12. The predicted octanol–water partition coefficient (Wildman–Crippen LogP) is 5.93. The fraction of sp³-hybridized carbons (Fsp3) is 0.400. The van der Waals surface area contributed by atoms with E-state index in [-0.39, 0.29) is 6.61 Å². The minimum atomic E-state index is -1.33. The molecular formula is C25H25FN4O5S2. The van der Waals surface area contributed by atoms with Gasteiger partial charge in [0.15, 0.2) is 21.9 Å². The lowest BCUT2D eigenvalue weighted by molar-refractivity contribution is -0.233. The van der Waals surface area contributed by atoms with Gasteiger partial charge in [0.25, 0.3) is 0 Å². The lowest BCUT2D eigenvalue weighted by atomic mass is 10.1. The highest BCUT2D eigenvalue weighted by atomic mass is 32.1. The second-order valence-corrected chi connectivity index (χ2v) is 11.1. The van der Waals surface area contributed by atoms with E-state index in [1.165, 1.54) is 29.6 Å². The van der Waals surface area contributed by atoms with Gasteiger partial charge >= 0.3 is 0 Å². The summed E-state index contributed by atoms with van der Waals surface area (Å²) in [5.41, 5.74) is 1.91. The average Bonchev–Trinajstić information content (AvgIpc) is 3.65. The minimum absolute atomic E-state index is 0.196. The number of aryl methyl sites for hydroxylation is 1. The van der Waals surface area contributed by atoms with Crippen LogP contribution in [0.3, 0.4) is 0 Å². The number of alkyl halides is 1. The molecule has 1 aliphatic rings. The Labute approximate surface area is 219 Å². The Bertz CT molecular complexity index is 1580. The Morgan fingerprint density at radius 1 is 1.27 bits per heavy atom. The first kappa shape index (κ1) is 24.3. The van der Waals surface area contributed by atoms with E-state index in [1.54, 1.807) is 30.0 Å². The highest BCUT2D eigenvalue weighted by molar-refractivity contribution is 7.16. The molecule has 1 aliphatic heterocycles. The number of nitrogens with zero attached hydrogens (tertiary/aromatic N) is 4. The van der Waals surface area contributed by atoms with Crippen LogP contribution in [0.4, 0.5) is 4.39 Å². The molecule has 12 heteroatoms. The molecule has 0 bridgehead atoms. The van der Waals surface area contributed by atoms with Crippen LogP contribution in [-0.2, 0) is 17.1 Å². The molecule has 4 aromatic heterocycles. The van der Waals surface area contributed by atoms with Gasteiger partial charge in [0.2, 0.25) is 10.7 Å². The molecule has 2 atom stereocenters. The summed E-state index contributed by atoms with van der Waals surface area (Å²) >= 11 is 2.62. The van der Waals surface area contributed by atoms with E-state index in [1.807, 2.05) is 13.0 Å². The zero-order valence-corrected chi connectivity index (χ0v) is 22.1. The molecule has 0 aliphatic carbocycles. The van der Waals surface area contributed by atoms with Crippen LogP contribution in [0.1, 0.15) is 52.9 Å². The number of benzene rings is 1. The first-order valence-electron chi connectivity index (χ1n) is 11.9. The number of aromatic nitrogens is 4. The molecule has 0 spiro atoms. The lowest BCUT2D eigenvalue weighted by Gasteiger charge is -2.29. The molecule has 194 valence electrons. The van der Waals surface area contributed by atoms with Gasteiger partial charge in [-0.15, -0.1) is 11.3 Å². The fourth-order valence-electron chi connectivity index (χ4n) is 4.31. The number of imidazole rings is 1. The van der Waals surface area contributed by atoms with Crippen molar-refractivity contribution in [3.8, 4) is 23.0 Å². The van der Waals surface area contributed by atoms with Crippen LogP contribution in [0.2, 0.25) is 0 Å². The van der Waals surface area contributed by atoms with Crippen molar-refractivity contribution < 1.29 is 28.1 Å². The van der Waals surface area contributed by atoms with Crippen molar-refractivity contribution >= 4 is 38.6 Å². The number of ether oxygens (including phenoxy) is 3. The summed E-state index contributed by atoms with van der Waals surface area (Å²) < 4.78 is 38.8. The van der Waals surface area contributed by atoms with Crippen molar-refractivity contribution in [2.75, 3.05) is 13.7 Å². The molecule has 5 aromatic rings. The predicted molar refractivity (Wildman–Crippen MR) is 137 cm³/mol. The molecule has 6 rings (SSSR count). The van der Waals surface area contributed by atoms with Crippen LogP contribution < -0.4 is 9.47 Å². The van der Waals surface area contributed by atoms with Gasteiger partial charge in [0.1, 0.15) is 29.4 Å². The molecule has 0 saturated carbocycles. The maximum absolute atomic E-state index is 13.8. The van der Waals surface area contributed by atoms with Gasteiger partial charge < -0.3 is 23.7 Å². The van der Waals surface area contributed by atoms with Gasteiger partial charge in [-0.25, -0.2) is 14.4 Å². The maximum Gasteiger partial charge on any atom is 0.219 e. The lowest BCUT2D eigenvalue weighted by Crippen LogP contribution is -2.33. The molecule has 1 N–H and O–H groups in total. The second-order valence-electron chi connectivity index (χ2n) is 8.94. The number of rotatable bonds is 7. The van der Waals surface area contributed by atoms with Gasteiger partial charge in [0.05, 0.1) is 31.0 Å². The number of hydrogen-bond donors (Lipinski definition) is 1. The van der Waals surface area contributed by atoms with E-state index in [0.717, 1.165) is 28.8 Å². The summed E-state index contributed by atoms with van der Waals surface area (Å²) in [5, 5.41) is 16.9. The van der Waals surface area contributed by atoms with E-state index >= 15 is 0 Å². The zero-order valence-electron chi connectivity index (χ0n) is 20.5. The smallest absolute Gasteiger partial charge is 0.219 e. The van der Waals surface area contributed by atoms with Gasteiger partial charge in [0, 0.05) is 23.4 Å². The van der Waals surface area contributed by atoms with E-state index in [0.29, 0.717) is 56.5 Å². The van der Waals surface area contributed by atoms with Crippen LogP contribution in [0, 0.1) is 6.92 Å². The third-order valence-electron chi connectivity index (χ3n) is 6.34. The molecule has 5 heterocycles. The summed E-state index contributed by atoms with van der Waals surface area (Å²) in [5.74, 6) is 0.321. The second kappa shape index (κ2) is 9.35. The molecular weight excluding hydrogens is 519 g/mol. The van der Waals surface area contributed by atoms with Crippen LogP contribution in [-0.4, -0.2) is 38.4 Å². The van der Waals surface area contributed by atoms with Crippen molar-refractivity contribution in [3.63, 3.8) is 0 Å². The van der Waals surface area contributed by atoms with Crippen molar-refractivity contribution in [1.29, 1.82) is 0 Å². The molecule has 1 saturated heterocycles. The Morgan fingerprint density at radius 3 is 2.89 bits per heavy atom. The van der Waals surface area contributed by atoms with E-state index in [9.17, 15) is 9.50 Å². The monoisotopic (exact) mass is 544 g/mol. The topological polar surface area (TPSA) is 104 Å². The fourth-order valence-corrected chi connectivity index (χ4v) is 6.10. The molecule has 1 aromatic carbocycles. The van der Waals surface area contributed by atoms with Gasteiger partial charge in [-0.1, -0.05) is 11.3 Å². The van der Waals surface area contributed by atoms with Crippen molar-refractivity contribution in [3.05, 3.63) is 45.0 Å². The quantitative estimate of drug-likeness (QED) is 0.269. The van der Waals surface area contributed by atoms with Gasteiger partial charge in [-0.3, -0.25) is 0 Å². The third-order valence-corrected chi connectivity index (χ3v) is 8.57. The van der Waals surface area contributed by atoms with Crippen LogP contribution in [0.15, 0.2) is 28.8 Å². The zero-order chi connectivity index (χ0) is 25.7. The Kier molecular flexibility index (Phi) is 6.14. The summed E-state index contributed by atoms with van der Waals surface area (Å²) in [6, 6.07) is 5.42. The average molecular weight is 545 g/mol. The molecule has 0 amide bonds. The van der Waals surface area contributed by atoms with Crippen LogP contribution >= 0.6 is 22.7 Å². The molecule has 2 unspecified atom stereocenters. The number of aliphatic hydroxyl groups is 1. The van der Waals surface area contributed by atoms with Crippen molar-refractivity contribution in [2.24, 2.45) is 0 Å². The molecule has 9 nitrogen and oxygen atoms in total. The van der Waals surface area contributed by atoms with Gasteiger partial charge in [-0.05, 0) is 32.8 Å². The first-order valence-corrected chi connectivity index (χ1v) is 13.5. The first-order chi connectivity index (χ1) is 17.8. The highest BCUT2D eigenvalue weighted by Crippen LogP contribution is 2.39. The van der Waals surface area contributed by atoms with Gasteiger partial charge in [-0.2, -0.15) is 9.61 Å². The standard InChI is InChI=1S/C25H25FN4O5S2/c1-13(26)22-29-30-18(11-27-24(30)37-22)21-10-16-19(8-15(32-3)9-20(16)35-21)33-12-17-14(2)36-23(28-17)25(31)6-4-5-7-34-25/h8-11,13,31H,4-7,12H2,1-3H3. The number of furan rings is 1. The van der Waals surface area contributed by atoms with Crippen molar-refractivity contribution in [2.45, 2.75) is 51.7 Å². The Hall–Kier alpha value is -3.06.